The van der Waals surface area contributed by atoms with Crippen LogP contribution in [0, 0.1) is 5.92 Å². The first-order chi connectivity index (χ1) is 13.7. The summed E-state index contributed by atoms with van der Waals surface area (Å²) >= 11 is 0. The minimum atomic E-state index is -4.66. The Morgan fingerprint density at radius 3 is 2.62 bits per heavy atom. The third-order valence-corrected chi connectivity index (χ3v) is 4.89. The molecule has 0 saturated heterocycles. The molecule has 0 bridgehead atoms. The second kappa shape index (κ2) is 7.02. The minimum Gasteiger partial charge on any atom is -0.338 e. The first-order valence-electron chi connectivity index (χ1n) is 8.92. The lowest BCUT2D eigenvalue weighted by atomic mass is 9.83. The van der Waals surface area contributed by atoms with Crippen LogP contribution in [0.2, 0.25) is 0 Å². The van der Waals surface area contributed by atoms with Gasteiger partial charge in [0.15, 0.2) is 5.82 Å². The van der Waals surface area contributed by atoms with Gasteiger partial charge in [-0.25, -0.2) is 9.37 Å². The van der Waals surface area contributed by atoms with Crippen LogP contribution in [0.1, 0.15) is 24.1 Å². The van der Waals surface area contributed by atoms with Crippen molar-refractivity contribution >= 4 is 34.7 Å². The highest BCUT2D eigenvalue weighted by atomic mass is 19.4. The van der Waals surface area contributed by atoms with Crippen LogP contribution in [-0.4, -0.2) is 23.0 Å². The van der Waals surface area contributed by atoms with E-state index in [2.05, 4.69) is 20.9 Å². The fraction of sp³-hybridized carbons (Fsp3) is 0.316. The fourth-order valence-corrected chi connectivity index (χ4v) is 3.25. The van der Waals surface area contributed by atoms with E-state index in [-0.39, 0.29) is 36.7 Å². The van der Waals surface area contributed by atoms with Gasteiger partial charge >= 0.3 is 6.18 Å². The Kier molecular flexibility index (Phi) is 4.64. The molecule has 2 aromatic rings. The quantitative estimate of drug-likeness (QED) is 0.668. The zero-order valence-electron chi connectivity index (χ0n) is 14.9. The third-order valence-electron chi connectivity index (χ3n) is 4.89. The summed E-state index contributed by atoms with van der Waals surface area (Å²) in [7, 11) is 0. The molecule has 29 heavy (non-hydrogen) atoms. The van der Waals surface area contributed by atoms with Crippen molar-refractivity contribution in [3.63, 3.8) is 0 Å². The van der Waals surface area contributed by atoms with Crippen molar-refractivity contribution in [1.29, 1.82) is 0 Å². The average molecular weight is 408 g/mol. The van der Waals surface area contributed by atoms with Gasteiger partial charge in [-0.3, -0.25) is 9.59 Å². The summed E-state index contributed by atoms with van der Waals surface area (Å²) < 4.78 is 52.3. The molecule has 1 aliphatic carbocycles. The zero-order valence-corrected chi connectivity index (χ0v) is 14.9. The molecule has 2 aliphatic rings. The molecule has 1 aromatic heterocycles. The third kappa shape index (κ3) is 4.01. The van der Waals surface area contributed by atoms with Gasteiger partial charge in [-0.1, -0.05) is 0 Å². The van der Waals surface area contributed by atoms with Crippen LogP contribution >= 0.6 is 0 Å². The lowest BCUT2D eigenvalue weighted by Gasteiger charge is -2.28. The molecule has 1 fully saturated rings. The van der Waals surface area contributed by atoms with Crippen molar-refractivity contribution < 1.29 is 27.2 Å². The highest BCUT2D eigenvalue weighted by Crippen LogP contribution is 2.35. The first-order valence-corrected chi connectivity index (χ1v) is 8.92. The standard InChI is InChI=1S/C19H16F4N4O2/c20-11-5-10(6-11)18(29)26-14-3-4-15(19(21,22)23)27-17(14)24-12-1-2-13-9(7-12)8-16(28)25-13/h1-4,7,10-11H,5-6,8H2,(H,24,27)(H,25,28)(H,26,29). The van der Waals surface area contributed by atoms with E-state index in [1.807, 2.05) is 0 Å². The number of hydrogen-bond acceptors (Lipinski definition) is 4. The molecule has 152 valence electrons. The van der Waals surface area contributed by atoms with Crippen LogP contribution in [0.5, 0.6) is 0 Å². The van der Waals surface area contributed by atoms with Gasteiger partial charge < -0.3 is 16.0 Å². The topological polar surface area (TPSA) is 83.1 Å². The maximum atomic E-state index is 13.1. The van der Waals surface area contributed by atoms with Gasteiger partial charge in [0.05, 0.1) is 12.1 Å². The molecular formula is C19H16F4N4O2. The van der Waals surface area contributed by atoms with Gasteiger partial charge in [0.2, 0.25) is 11.8 Å². The van der Waals surface area contributed by atoms with Crippen LogP contribution in [0.4, 0.5) is 40.4 Å². The van der Waals surface area contributed by atoms with E-state index >= 15 is 0 Å². The molecule has 0 unspecified atom stereocenters. The fourth-order valence-electron chi connectivity index (χ4n) is 3.25. The van der Waals surface area contributed by atoms with Gasteiger partial charge in [-0.15, -0.1) is 0 Å². The summed E-state index contributed by atoms with van der Waals surface area (Å²) in [6, 6.07) is 6.72. The van der Waals surface area contributed by atoms with Crippen LogP contribution in [0.25, 0.3) is 0 Å². The molecule has 2 heterocycles. The van der Waals surface area contributed by atoms with Gasteiger partial charge in [0, 0.05) is 17.3 Å². The number of amides is 2. The lowest BCUT2D eigenvalue weighted by molar-refractivity contribution is -0.141. The Balaban J connectivity index is 1.61. The molecule has 0 spiro atoms. The molecule has 0 radical (unpaired) electrons. The van der Waals surface area contributed by atoms with E-state index in [9.17, 15) is 27.2 Å². The van der Waals surface area contributed by atoms with Crippen molar-refractivity contribution in [1.82, 2.24) is 4.98 Å². The predicted octanol–water partition coefficient (Wildman–Crippen LogP) is 4.03. The molecule has 3 N–H and O–H groups in total. The minimum absolute atomic E-state index is 0.0556. The van der Waals surface area contributed by atoms with Crippen LogP contribution in [0.15, 0.2) is 30.3 Å². The van der Waals surface area contributed by atoms with Gasteiger partial charge in [-0.05, 0) is 48.7 Å². The number of nitrogens with one attached hydrogen (secondary N) is 3. The second-order valence-electron chi connectivity index (χ2n) is 7.07. The molecule has 1 aliphatic heterocycles. The predicted molar refractivity (Wildman–Crippen MR) is 97.5 cm³/mol. The van der Waals surface area contributed by atoms with Crippen molar-refractivity contribution in [3.05, 3.63) is 41.6 Å². The molecule has 10 heteroatoms. The van der Waals surface area contributed by atoms with Gasteiger partial charge in [0.1, 0.15) is 11.9 Å². The smallest absolute Gasteiger partial charge is 0.338 e. The molecule has 2 amide bonds. The van der Waals surface area contributed by atoms with Crippen LogP contribution in [-0.2, 0) is 22.2 Å². The highest BCUT2D eigenvalue weighted by Gasteiger charge is 2.36. The maximum Gasteiger partial charge on any atom is 0.433 e. The number of alkyl halides is 4. The zero-order chi connectivity index (χ0) is 20.8. The number of rotatable bonds is 4. The van der Waals surface area contributed by atoms with Crippen molar-refractivity contribution in [2.45, 2.75) is 31.6 Å². The van der Waals surface area contributed by atoms with Crippen LogP contribution < -0.4 is 16.0 Å². The number of carbonyl (C=O) groups excluding carboxylic acids is 2. The van der Waals surface area contributed by atoms with E-state index in [0.717, 1.165) is 12.1 Å². The number of aromatic nitrogens is 1. The summed E-state index contributed by atoms with van der Waals surface area (Å²) in [5, 5.41) is 7.97. The van der Waals surface area contributed by atoms with E-state index in [1.54, 1.807) is 18.2 Å². The molecular weight excluding hydrogens is 392 g/mol. The number of nitrogens with zero attached hydrogens (tertiary/aromatic N) is 1. The van der Waals surface area contributed by atoms with E-state index < -0.39 is 29.9 Å². The summed E-state index contributed by atoms with van der Waals surface area (Å²) in [4.78, 5) is 27.3. The number of carbonyl (C=O) groups is 2. The Bertz CT molecular complexity index is 987. The normalized spacial score (nSPS) is 20.5. The van der Waals surface area contributed by atoms with E-state index in [4.69, 9.17) is 0 Å². The maximum absolute atomic E-state index is 13.1. The molecule has 1 aromatic carbocycles. The van der Waals surface area contributed by atoms with Crippen LogP contribution in [0.3, 0.4) is 0 Å². The summed E-state index contributed by atoms with van der Waals surface area (Å²) in [6.45, 7) is 0. The van der Waals surface area contributed by atoms with Gasteiger partial charge in [0.25, 0.3) is 0 Å². The number of halogens is 4. The van der Waals surface area contributed by atoms with E-state index in [1.165, 1.54) is 0 Å². The lowest BCUT2D eigenvalue weighted by Crippen LogP contribution is -2.35. The Morgan fingerprint density at radius 2 is 1.93 bits per heavy atom. The summed E-state index contributed by atoms with van der Waals surface area (Å²) in [5.41, 5.74) is 0.677. The number of pyridine rings is 1. The molecule has 4 rings (SSSR count). The van der Waals surface area contributed by atoms with Gasteiger partial charge in [-0.2, -0.15) is 13.2 Å². The summed E-state index contributed by atoms with van der Waals surface area (Å²) in [6.07, 6.45) is -5.35. The highest BCUT2D eigenvalue weighted by molar-refractivity contribution is 6.00. The van der Waals surface area contributed by atoms with E-state index in [0.29, 0.717) is 16.9 Å². The SMILES string of the molecule is O=C1Cc2cc(Nc3nc(C(F)(F)F)ccc3NC(=O)C3CC(F)C3)ccc2N1. The largest absolute Gasteiger partial charge is 0.433 e. The number of anilines is 4. The average Bonchev–Trinajstić information content (AvgIpc) is 2.98. The molecule has 0 atom stereocenters. The Morgan fingerprint density at radius 1 is 1.17 bits per heavy atom. The summed E-state index contributed by atoms with van der Waals surface area (Å²) in [5.74, 6) is -1.35. The second-order valence-corrected chi connectivity index (χ2v) is 7.07. The molecule has 1 saturated carbocycles. The number of benzene rings is 1. The van der Waals surface area contributed by atoms with Crippen molar-refractivity contribution in [2.24, 2.45) is 5.92 Å². The first kappa shape index (κ1) is 19.2. The Labute approximate surface area is 162 Å². The number of hydrogen-bond donors (Lipinski definition) is 3. The molecule has 6 nitrogen and oxygen atoms in total. The van der Waals surface area contributed by atoms with Crippen molar-refractivity contribution in [3.8, 4) is 0 Å². The monoisotopic (exact) mass is 408 g/mol. The number of fused-ring (bicyclic) bond motifs is 1. The van der Waals surface area contributed by atoms with Crippen molar-refractivity contribution in [2.75, 3.05) is 16.0 Å². The Hall–Kier alpha value is -3.17.